The lowest BCUT2D eigenvalue weighted by atomic mass is 9.91. The maximum absolute atomic E-state index is 11.6. The van der Waals surface area contributed by atoms with Crippen molar-refractivity contribution in [3.8, 4) is 0 Å². The standard InChI is InChI=1S/C15H32N2O3S/c1-4-8-16-15(5-2,13-18)7-6-9-17-10-11-21(19,20)12-14(17)3/h14,16,18H,4-13H2,1-3H3. The lowest BCUT2D eigenvalue weighted by Gasteiger charge is -2.36. The van der Waals surface area contributed by atoms with Gasteiger partial charge in [0.15, 0.2) is 9.84 Å². The number of aliphatic hydroxyl groups is 1. The summed E-state index contributed by atoms with van der Waals surface area (Å²) in [5, 5.41) is 13.2. The SMILES string of the molecule is CCCNC(CC)(CO)CCCN1CCS(=O)(=O)CC1C. The summed E-state index contributed by atoms with van der Waals surface area (Å²) in [5.41, 5.74) is -0.179. The second-order valence-corrected chi connectivity index (χ2v) is 8.55. The third-order valence-corrected chi connectivity index (χ3v) is 6.43. The summed E-state index contributed by atoms with van der Waals surface area (Å²) < 4.78 is 23.2. The summed E-state index contributed by atoms with van der Waals surface area (Å²) in [6, 6.07) is 0.109. The summed E-state index contributed by atoms with van der Waals surface area (Å²) in [5.74, 6) is 0.560. The quantitative estimate of drug-likeness (QED) is 0.664. The molecule has 21 heavy (non-hydrogen) atoms. The minimum Gasteiger partial charge on any atom is -0.394 e. The van der Waals surface area contributed by atoms with Gasteiger partial charge in [-0.3, -0.25) is 4.90 Å². The Balaban J connectivity index is 2.43. The Morgan fingerprint density at radius 3 is 2.62 bits per heavy atom. The maximum Gasteiger partial charge on any atom is 0.153 e. The van der Waals surface area contributed by atoms with Crippen molar-refractivity contribution >= 4 is 9.84 Å². The van der Waals surface area contributed by atoms with Crippen LogP contribution in [0.1, 0.15) is 46.5 Å². The average molecular weight is 320 g/mol. The van der Waals surface area contributed by atoms with E-state index in [1.807, 2.05) is 6.92 Å². The van der Waals surface area contributed by atoms with Gasteiger partial charge in [0.2, 0.25) is 0 Å². The van der Waals surface area contributed by atoms with Crippen molar-refractivity contribution in [1.29, 1.82) is 0 Å². The zero-order valence-electron chi connectivity index (χ0n) is 13.8. The first kappa shape index (κ1) is 18.9. The molecule has 0 aliphatic carbocycles. The van der Waals surface area contributed by atoms with Crippen LogP contribution in [-0.2, 0) is 9.84 Å². The highest BCUT2D eigenvalue weighted by atomic mass is 32.2. The van der Waals surface area contributed by atoms with E-state index in [0.717, 1.165) is 38.8 Å². The van der Waals surface area contributed by atoms with Crippen LogP contribution in [0.2, 0.25) is 0 Å². The van der Waals surface area contributed by atoms with Gasteiger partial charge in [-0.15, -0.1) is 0 Å². The van der Waals surface area contributed by atoms with Crippen molar-refractivity contribution in [2.45, 2.75) is 58.0 Å². The third kappa shape index (κ3) is 5.85. The van der Waals surface area contributed by atoms with E-state index in [4.69, 9.17) is 0 Å². The second kappa shape index (κ2) is 8.46. The molecule has 1 rings (SSSR count). The highest BCUT2D eigenvalue weighted by molar-refractivity contribution is 7.91. The normalized spacial score (nSPS) is 25.6. The van der Waals surface area contributed by atoms with Gasteiger partial charge < -0.3 is 10.4 Å². The number of nitrogens with zero attached hydrogens (tertiary/aromatic N) is 1. The van der Waals surface area contributed by atoms with Gasteiger partial charge in [-0.25, -0.2) is 8.42 Å². The molecule has 0 aromatic carbocycles. The van der Waals surface area contributed by atoms with Crippen LogP contribution < -0.4 is 5.32 Å². The van der Waals surface area contributed by atoms with Crippen molar-refractivity contribution in [3.63, 3.8) is 0 Å². The zero-order chi connectivity index (χ0) is 15.9. The van der Waals surface area contributed by atoms with Gasteiger partial charge in [0, 0.05) is 18.1 Å². The van der Waals surface area contributed by atoms with Gasteiger partial charge in [0.1, 0.15) is 0 Å². The third-order valence-electron chi connectivity index (χ3n) is 4.64. The predicted molar refractivity (Wildman–Crippen MR) is 87.3 cm³/mol. The molecule has 126 valence electrons. The van der Waals surface area contributed by atoms with Crippen molar-refractivity contribution in [2.24, 2.45) is 0 Å². The largest absolute Gasteiger partial charge is 0.394 e. The summed E-state index contributed by atoms with van der Waals surface area (Å²) in [7, 11) is -2.83. The van der Waals surface area contributed by atoms with E-state index >= 15 is 0 Å². The second-order valence-electron chi connectivity index (χ2n) is 6.32. The maximum atomic E-state index is 11.6. The van der Waals surface area contributed by atoms with Gasteiger partial charge in [0.25, 0.3) is 0 Å². The van der Waals surface area contributed by atoms with Gasteiger partial charge in [0.05, 0.1) is 18.1 Å². The summed E-state index contributed by atoms with van der Waals surface area (Å²) in [6.07, 6.45) is 3.88. The number of hydrogen-bond donors (Lipinski definition) is 2. The fourth-order valence-corrected chi connectivity index (χ4v) is 4.64. The first-order valence-corrected chi connectivity index (χ1v) is 10.0. The zero-order valence-corrected chi connectivity index (χ0v) is 14.6. The Labute approximate surface area is 130 Å². The fourth-order valence-electron chi connectivity index (χ4n) is 3.01. The Morgan fingerprint density at radius 1 is 1.38 bits per heavy atom. The van der Waals surface area contributed by atoms with Gasteiger partial charge in [-0.2, -0.15) is 0 Å². The van der Waals surface area contributed by atoms with Gasteiger partial charge in [-0.1, -0.05) is 13.8 Å². The molecule has 0 radical (unpaired) electrons. The first-order valence-electron chi connectivity index (χ1n) is 8.18. The number of nitrogens with one attached hydrogen (secondary N) is 1. The van der Waals surface area contributed by atoms with Crippen LogP contribution in [-0.4, -0.2) is 67.8 Å². The van der Waals surface area contributed by atoms with Gasteiger partial charge >= 0.3 is 0 Å². The van der Waals surface area contributed by atoms with Crippen LogP contribution in [0.25, 0.3) is 0 Å². The molecule has 6 heteroatoms. The predicted octanol–water partition coefficient (Wildman–Crippen LogP) is 1.03. The minimum atomic E-state index is -2.83. The lowest BCUT2D eigenvalue weighted by Crippen LogP contribution is -2.50. The molecule has 2 N–H and O–H groups in total. The van der Waals surface area contributed by atoms with Crippen LogP contribution in [0.4, 0.5) is 0 Å². The molecule has 2 unspecified atom stereocenters. The number of aliphatic hydroxyl groups excluding tert-OH is 1. The smallest absolute Gasteiger partial charge is 0.153 e. The molecule has 1 fully saturated rings. The molecular weight excluding hydrogens is 288 g/mol. The van der Waals surface area contributed by atoms with E-state index in [2.05, 4.69) is 24.1 Å². The first-order chi connectivity index (χ1) is 9.88. The molecular formula is C15H32N2O3S. The monoisotopic (exact) mass is 320 g/mol. The topological polar surface area (TPSA) is 69.6 Å². The molecule has 0 spiro atoms. The van der Waals surface area contributed by atoms with E-state index in [-0.39, 0.29) is 29.7 Å². The summed E-state index contributed by atoms with van der Waals surface area (Å²) >= 11 is 0. The Morgan fingerprint density at radius 2 is 2.10 bits per heavy atom. The summed E-state index contributed by atoms with van der Waals surface area (Å²) in [6.45, 7) is 8.86. The van der Waals surface area contributed by atoms with E-state index in [9.17, 15) is 13.5 Å². The van der Waals surface area contributed by atoms with E-state index < -0.39 is 9.84 Å². The number of sulfone groups is 1. The molecule has 2 atom stereocenters. The van der Waals surface area contributed by atoms with Crippen LogP contribution in [0.3, 0.4) is 0 Å². The van der Waals surface area contributed by atoms with E-state index in [1.165, 1.54) is 0 Å². The Kier molecular flexibility index (Phi) is 7.60. The van der Waals surface area contributed by atoms with E-state index in [0.29, 0.717) is 6.54 Å². The Bertz CT molecular complexity index is 394. The van der Waals surface area contributed by atoms with Crippen molar-refractivity contribution in [3.05, 3.63) is 0 Å². The molecule has 0 amide bonds. The number of hydrogen-bond acceptors (Lipinski definition) is 5. The van der Waals surface area contributed by atoms with Crippen LogP contribution >= 0.6 is 0 Å². The van der Waals surface area contributed by atoms with Gasteiger partial charge in [-0.05, 0) is 45.7 Å². The molecule has 1 saturated heterocycles. The number of rotatable bonds is 9. The molecule has 0 aromatic heterocycles. The van der Waals surface area contributed by atoms with Crippen molar-refractivity contribution in [2.75, 3.05) is 37.7 Å². The molecule has 1 aliphatic heterocycles. The molecule has 0 bridgehead atoms. The Hall–Kier alpha value is -0.170. The van der Waals surface area contributed by atoms with E-state index in [1.54, 1.807) is 0 Å². The van der Waals surface area contributed by atoms with Crippen LogP contribution in [0.5, 0.6) is 0 Å². The summed E-state index contributed by atoms with van der Waals surface area (Å²) in [4.78, 5) is 2.26. The molecule has 0 saturated carbocycles. The average Bonchev–Trinajstić information content (AvgIpc) is 2.44. The van der Waals surface area contributed by atoms with Crippen molar-refractivity contribution in [1.82, 2.24) is 10.2 Å². The molecule has 0 aromatic rings. The lowest BCUT2D eigenvalue weighted by molar-refractivity contribution is 0.135. The minimum absolute atomic E-state index is 0.109. The van der Waals surface area contributed by atoms with Crippen LogP contribution in [0, 0.1) is 0 Å². The molecule has 5 nitrogen and oxygen atoms in total. The van der Waals surface area contributed by atoms with Crippen LogP contribution in [0.15, 0.2) is 0 Å². The molecule has 1 heterocycles. The van der Waals surface area contributed by atoms with Crippen molar-refractivity contribution < 1.29 is 13.5 Å². The highest BCUT2D eigenvalue weighted by Crippen LogP contribution is 2.19. The highest BCUT2D eigenvalue weighted by Gasteiger charge is 2.29. The molecule has 1 aliphatic rings. The fraction of sp³-hybridized carbons (Fsp3) is 1.00.